The second-order valence-corrected chi connectivity index (χ2v) is 7.32. The average Bonchev–Trinajstić information content (AvgIpc) is 3.04. The van der Waals surface area contributed by atoms with Gasteiger partial charge in [-0.2, -0.15) is 0 Å². The van der Waals surface area contributed by atoms with Crippen molar-refractivity contribution < 1.29 is 4.79 Å². The molecule has 1 saturated heterocycles. The van der Waals surface area contributed by atoms with Crippen molar-refractivity contribution in [1.29, 1.82) is 0 Å². The highest BCUT2D eigenvalue weighted by Crippen LogP contribution is 2.35. The van der Waals surface area contributed by atoms with Crippen molar-refractivity contribution in [3.8, 4) is 0 Å². The number of likely N-dealkylation sites (tertiary alicyclic amines) is 1. The van der Waals surface area contributed by atoms with E-state index in [1.54, 1.807) is 17.0 Å². The van der Waals surface area contributed by atoms with Gasteiger partial charge in [-0.15, -0.1) is 0 Å². The summed E-state index contributed by atoms with van der Waals surface area (Å²) in [6, 6.07) is 7.31. The number of aromatic nitrogens is 2. The van der Waals surface area contributed by atoms with Crippen LogP contribution in [0.5, 0.6) is 0 Å². The molecule has 1 amide bonds. The van der Waals surface area contributed by atoms with Crippen molar-refractivity contribution in [2.45, 2.75) is 32.7 Å². The molecule has 25 heavy (non-hydrogen) atoms. The number of rotatable bonds is 3. The Bertz CT molecular complexity index is 899. The molecule has 0 bridgehead atoms. The monoisotopic (exact) mass is 337 g/mol. The Hall–Kier alpha value is -2.43. The Labute approximate surface area is 147 Å². The summed E-state index contributed by atoms with van der Waals surface area (Å²) in [5.41, 5.74) is 2.07. The van der Waals surface area contributed by atoms with E-state index >= 15 is 0 Å². The molecule has 2 atom stereocenters. The highest BCUT2D eigenvalue weighted by Gasteiger charge is 2.35. The molecule has 1 fully saturated rings. The van der Waals surface area contributed by atoms with Crippen molar-refractivity contribution in [1.82, 2.24) is 14.5 Å². The molecule has 5 heteroatoms. The lowest BCUT2D eigenvalue weighted by Crippen LogP contribution is -2.31. The van der Waals surface area contributed by atoms with Gasteiger partial charge < -0.3 is 4.90 Å². The van der Waals surface area contributed by atoms with E-state index in [1.807, 2.05) is 23.1 Å². The van der Waals surface area contributed by atoms with E-state index in [2.05, 4.69) is 18.0 Å². The number of allylic oxidation sites excluding steroid dienone is 2. The van der Waals surface area contributed by atoms with Crippen LogP contribution in [-0.4, -0.2) is 33.4 Å². The molecular weight excluding hydrogens is 314 g/mol. The minimum absolute atomic E-state index is 0.0756. The zero-order valence-corrected chi connectivity index (χ0v) is 14.5. The minimum atomic E-state index is -0.0756. The Morgan fingerprint density at radius 2 is 2.04 bits per heavy atom. The summed E-state index contributed by atoms with van der Waals surface area (Å²) in [6.45, 7) is 4.29. The summed E-state index contributed by atoms with van der Waals surface area (Å²) >= 11 is 0. The van der Waals surface area contributed by atoms with Gasteiger partial charge in [0.15, 0.2) is 0 Å². The van der Waals surface area contributed by atoms with E-state index in [1.165, 1.54) is 5.57 Å². The molecule has 2 aliphatic rings. The molecule has 0 unspecified atom stereocenters. The number of nitrogens with zero attached hydrogens (tertiary/aromatic N) is 3. The van der Waals surface area contributed by atoms with Gasteiger partial charge in [0.05, 0.1) is 17.2 Å². The highest BCUT2D eigenvalue weighted by atomic mass is 16.2. The quantitative estimate of drug-likeness (QED) is 0.809. The van der Waals surface area contributed by atoms with Gasteiger partial charge in [0.1, 0.15) is 0 Å². The maximum absolute atomic E-state index is 12.6. The third kappa shape index (κ3) is 3.11. The van der Waals surface area contributed by atoms with Crippen LogP contribution in [0.15, 0.2) is 47.0 Å². The van der Waals surface area contributed by atoms with Crippen LogP contribution in [-0.2, 0) is 11.3 Å². The van der Waals surface area contributed by atoms with Crippen LogP contribution in [0.25, 0.3) is 10.9 Å². The van der Waals surface area contributed by atoms with Gasteiger partial charge in [-0.05, 0) is 43.7 Å². The fourth-order valence-electron chi connectivity index (χ4n) is 4.13. The largest absolute Gasteiger partial charge is 0.342 e. The minimum Gasteiger partial charge on any atom is -0.342 e. The zero-order valence-electron chi connectivity index (χ0n) is 14.5. The van der Waals surface area contributed by atoms with Gasteiger partial charge in [0, 0.05) is 26.1 Å². The van der Waals surface area contributed by atoms with Gasteiger partial charge in [-0.1, -0.05) is 23.8 Å². The molecule has 1 aliphatic carbocycles. The van der Waals surface area contributed by atoms with Crippen LogP contribution in [0.3, 0.4) is 0 Å². The first kappa shape index (κ1) is 16.1. The van der Waals surface area contributed by atoms with Crippen molar-refractivity contribution in [2.75, 3.05) is 13.1 Å². The summed E-state index contributed by atoms with van der Waals surface area (Å²) < 4.78 is 1.55. The van der Waals surface area contributed by atoms with Crippen molar-refractivity contribution in [2.24, 2.45) is 11.8 Å². The second-order valence-electron chi connectivity index (χ2n) is 7.32. The molecule has 5 nitrogen and oxygen atoms in total. The third-order valence-electron chi connectivity index (χ3n) is 5.58. The molecular formula is C20H23N3O2. The van der Waals surface area contributed by atoms with E-state index in [9.17, 15) is 9.59 Å². The maximum atomic E-state index is 12.6. The van der Waals surface area contributed by atoms with Gasteiger partial charge >= 0.3 is 0 Å². The SMILES string of the molecule is CC1=CC[C@@H]2CN(C(=O)CCn3cnc4ccccc4c3=O)C[C@@H]2C1. The third-order valence-corrected chi connectivity index (χ3v) is 5.58. The fraction of sp³-hybridized carbons (Fsp3) is 0.450. The van der Waals surface area contributed by atoms with Crippen molar-refractivity contribution in [3.05, 3.63) is 52.6 Å². The summed E-state index contributed by atoms with van der Waals surface area (Å²) in [5, 5.41) is 0.603. The number of benzene rings is 1. The summed E-state index contributed by atoms with van der Waals surface area (Å²) in [5.74, 6) is 1.36. The van der Waals surface area contributed by atoms with E-state index in [0.717, 1.165) is 25.9 Å². The summed E-state index contributed by atoms with van der Waals surface area (Å²) in [7, 11) is 0. The molecule has 1 aromatic carbocycles. The molecule has 1 aliphatic heterocycles. The van der Waals surface area contributed by atoms with E-state index in [0.29, 0.717) is 35.7 Å². The number of carbonyl (C=O) groups excluding carboxylic acids is 1. The Balaban J connectivity index is 1.41. The molecule has 2 heterocycles. The van der Waals surface area contributed by atoms with Crippen LogP contribution in [0.1, 0.15) is 26.2 Å². The fourth-order valence-corrected chi connectivity index (χ4v) is 4.13. The van der Waals surface area contributed by atoms with Crippen LogP contribution in [0.4, 0.5) is 0 Å². The molecule has 1 aromatic heterocycles. The predicted octanol–water partition coefficient (Wildman–Crippen LogP) is 2.60. The second kappa shape index (κ2) is 6.47. The van der Waals surface area contributed by atoms with Crippen LogP contribution >= 0.6 is 0 Å². The van der Waals surface area contributed by atoms with Crippen LogP contribution in [0.2, 0.25) is 0 Å². The Morgan fingerprint density at radius 3 is 2.92 bits per heavy atom. The smallest absolute Gasteiger partial charge is 0.261 e. The van der Waals surface area contributed by atoms with Crippen molar-refractivity contribution >= 4 is 16.8 Å². The Kier molecular flexibility index (Phi) is 4.15. The molecule has 0 saturated carbocycles. The van der Waals surface area contributed by atoms with E-state index in [-0.39, 0.29) is 11.5 Å². The number of fused-ring (bicyclic) bond motifs is 2. The molecule has 0 radical (unpaired) electrons. The van der Waals surface area contributed by atoms with E-state index < -0.39 is 0 Å². The molecule has 0 spiro atoms. The lowest BCUT2D eigenvalue weighted by molar-refractivity contribution is -0.130. The molecule has 2 aromatic rings. The van der Waals surface area contributed by atoms with Gasteiger partial charge in [0.2, 0.25) is 5.91 Å². The number of amides is 1. The van der Waals surface area contributed by atoms with Gasteiger partial charge in [-0.3, -0.25) is 14.2 Å². The molecule has 130 valence electrons. The lowest BCUT2D eigenvalue weighted by Gasteiger charge is -2.21. The normalized spacial score (nSPS) is 22.8. The van der Waals surface area contributed by atoms with Crippen molar-refractivity contribution in [3.63, 3.8) is 0 Å². The topological polar surface area (TPSA) is 55.2 Å². The first-order valence-electron chi connectivity index (χ1n) is 8.99. The van der Waals surface area contributed by atoms with Gasteiger partial charge in [-0.25, -0.2) is 4.98 Å². The molecule has 4 rings (SSSR count). The predicted molar refractivity (Wildman–Crippen MR) is 97.2 cm³/mol. The number of hydrogen-bond acceptors (Lipinski definition) is 3. The number of para-hydroxylation sites is 1. The van der Waals surface area contributed by atoms with E-state index in [4.69, 9.17) is 0 Å². The summed E-state index contributed by atoms with van der Waals surface area (Å²) in [6.07, 6.45) is 6.42. The molecule has 0 N–H and O–H groups in total. The number of aryl methyl sites for hydroxylation is 1. The van der Waals surface area contributed by atoms with Crippen LogP contribution in [0, 0.1) is 11.8 Å². The number of carbonyl (C=O) groups is 1. The van der Waals surface area contributed by atoms with Gasteiger partial charge in [0.25, 0.3) is 5.56 Å². The first-order chi connectivity index (χ1) is 12.1. The zero-order chi connectivity index (χ0) is 17.4. The average molecular weight is 337 g/mol. The standard InChI is InChI=1S/C20H23N3O2/c1-14-6-7-15-11-23(12-16(15)10-14)19(24)8-9-22-13-21-18-5-3-2-4-17(18)20(22)25/h2-6,13,15-16H,7-12H2,1H3/t15-,16+/m1/s1. The number of hydrogen-bond donors (Lipinski definition) is 0. The maximum Gasteiger partial charge on any atom is 0.261 e. The Morgan fingerprint density at radius 1 is 1.24 bits per heavy atom. The highest BCUT2D eigenvalue weighted by molar-refractivity contribution is 5.77. The lowest BCUT2D eigenvalue weighted by atomic mass is 9.83. The van der Waals surface area contributed by atoms with Crippen LogP contribution < -0.4 is 5.56 Å². The summed E-state index contributed by atoms with van der Waals surface area (Å²) in [4.78, 5) is 31.4. The first-order valence-corrected chi connectivity index (χ1v) is 8.99.